The molecule has 9 bridgehead atoms. The van der Waals surface area contributed by atoms with Crippen LogP contribution in [-0.4, -0.2) is 110 Å². The van der Waals surface area contributed by atoms with Gasteiger partial charge in [-0.1, -0.05) is 0 Å². The van der Waals surface area contributed by atoms with Gasteiger partial charge in [-0.15, -0.1) is 11.3 Å². The number of alkyl halides is 3. The Hall–Kier alpha value is -3.76. The summed E-state index contributed by atoms with van der Waals surface area (Å²) in [6.45, 7) is 2.60. The number of anilines is 3. The van der Waals surface area contributed by atoms with Gasteiger partial charge in [-0.3, -0.25) is 14.5 Å². The fourth-order valence-corrected chi connectivity index (χ4v) is 9.56. The Morgan fingerprint density at radius 3 is 2.50 bits per heavy atom. The lowest BCUT2D eigenvalue weighted by Crippen LogP contribution is -2.58. The lowest BCUT2D eigenvalue weighted by molar-refractivity contribution is -0.137. The van der Waals surface area contributed by atoms with Crippen molar-refractivity contribution in [3.05, 3.63) is 46.5 Å². The molecule has 1 aliphatic carbocycles. The Balaban J connectivity index is 1.34. The van der Waals surface area contributed by atoms with E-state index in [1.807, 2.05) is 19.2 Å². The summed E-state index contributed by atoms with van der Waals surface area (Å²) in [6.07, 6.45) is -1.11. The third-order valence-corrected chi connectivity index (χ3v) is 12.6. The number of carbonyl (C=O) groups excluding carboxylic acids is 2. The summed E-state index contributed by atoms with van der Waals surface area (Å²) in [5.41, 5.74) is 0.993. The summed E-state index contributed by atoms with van der Waals surface area (Å²) >= 11 is 0.698. The van der Waals surface area contributed by atoms with E-state index in [-0.39, 0.29) is 57.3 Å². The van der Waals surface area contributed by atoms with Gasteiger partial charge < -0.3 is 20.0 Å². The number of hydrogen-bond acceptors (Lipinski definition) is 10. The van der Waals surface area contributed by atoms with Gasteiger partial charge in [-0.05, 0) is 68.5 Å². The number of piperazine rings is 1. The first-order valence-corrected chi connectivity index (χ1v) is 18.5. The zero-order valence-corrected chi connectivity index (χ0v) is 28.2. The van der Waals surface area contributed by atoms with E-state index in [2.05, 4.69) is 31.2 Å². The molecule has 3 aromatic rings. The third-order valence-electron chi connectivity index (χ3n) is 9.62. The second kappa shape index (κ2) is 12.3. The van der Waals surface area contributed by atoms with E-state index < -0.39 is 33.2 Å². The standard InChI is InChI=1S/C32H36F3N7O4S2/c1-39-11-12-42-18-24(39)29(43)40(2)9-3-4-10-41-13-14-48(45,46)26-16-25(47-28(26)30(41)44)27-22(32(33,34)35)17-36-31(38-27)37-23-8-7-20(42)15-21(23)19-5-6-19/h7-8,15-17,19,24H,3-6,9-14,18H2,1-2H3,(H,36,37,38). The van der Waals surface area contributed by atoms with Gasteiger partial charge in [0.25, 0.3) is 5.91 Å². The maximum absolute atomic E-state index is 14.3. The van der Waals surface area contributed by atoms with Crippen LogP contribution in [0.2, 0.25) is 0 Å². The van der Waals surface area contributed by atoms with Crippen LogP contribution in [0.4, 0.5) is 30.5 Å². The molecule has 8 rings (SSSR count). The topological polar surface area (TPSA) is 119 Å². The van der Waals surface area contributed by atoms with Crippen molar-refractivity contribution in [3.63, 3.8) is 0 Å². The molecule has 0 radical (unpaired) electrons. The Morgan fingerprint density at radius 2 is 1.75 bits per heavy atom. The molecule has 11 nitrogen and oxygen atoms in total. The summed E-state index contributed by atoms with van der Waals surface area (Å²) in [6, 6.07) is 6.66. The van der Waals surface area contributed by atoms with Gasteiger partial charge >= 0.3 is 6.18 Å². The number of hydrogen-bond donors (Lipinski definition) is 1. The average Bonchev–Trinajstić information content (AvgIpc) is 3.80. The number of sulfone groups is 1. The van der Waals surface area contributed by atoms with Crippen molar-refractivity contribution in [2.24, 2.45) is 0 Å². The molecule has 48 heavy (non-hydrogen) atoms. The number of nitrogens with one attached hydrogen (secondary N) is 1. The lowest BCUT2D eigenvalue weighted by Gasteiger charge is -2.41. The summed E-state index contributed by atoms with van der Waals surface area (Å²) in [7, 11) is -0.252. The number of amides is 2. The molecule has 5 aliphatic rings. The molecule has 16 heteroatoms. The van der Waals surface area contributed by atoms with E-state index in [4.69, 9.17) is 0 Å². The molecule has 1 atom stereocenters. The molecule has 256 valence electrons. The van der Waals surface area contributed by atoms with Crippen LogP contribution in [0.1, 0.15) is 52.4 Å². The van der Waals surface area contributed by atoms with Crippen LogP contribution in [0.25, 0.3) is 10.6 Å². The van der Waals surface area contributed by atoms with Gasteiger partial charge in [0.2, 0.25) is 11.9 Å². The molecular formula is C32H36F3N7O4S2. The lowest BCUT2D eigenvalue weighted by atomic mass is 10.0. The first-order chi connectivity index (χ1) is 22.8. The first kappa shape index (κ1) is 32.8. The minimum Gasteiger partial charge on any atom is -0.368 e. The van der Waals surface area contributed by atoms with E-state index in [1.165, 1.54) is 4.90 Å². The van der Waals surface area contributed by atoms with Crippen LogP contribution in [0, 0.1) is 0 Å². The number of likely N-dealkylation sites (N-methyl/N-ethyl adjacent to an activating group) is 2. The van der Waals surface area contributed by atoms with Crippen LogP contribution in [0.5, 0.6) is 0 Å². The summed E-state index contributed by atoms with van der Waals surface area (Å²) < 4.78 is 69.5. The summed E-state index contributed by atoms with van der Waals surface area (Å²) in [5, 5.41) is 3.12. The van der Waals surface area contributed by atoms with Crippen molar-refractivity contribution in [2.75, 3.05) is 69.3 Å². The molecule has 1 N–H and O–H groups in total. The number of fused-ring (bicyclic) bond motifs is 7. The first-order valence-electron chi connectivity index (χ1n) is 16.0. The van der Waals surface area contributed by atoms with Crippen LogP contribution in [0.15, 0.2) is 35.4 Å². The zero-order valence-electron chi connectivity index (χ0n) is 26.6. The van der Waals surface area contributed by atoms with Gasteiger partial charge in [0.05, 0.1) is 21.2 Å². The Kier molecular flexibility index (Phi) is 8.39. The van der Waals surface area contributed by atoms with Gasteiger partial charge in [-0.25, -0.2) is 18.4 Å². The minimum atomic E-state index is -4.83. The molecule has 1 saturated carbocycles. The number of aromatic nitrogens is 2. The molecule has 0 spiro atoms. The van der Waals surface area contributed by atoms with Crippen LogP contribution >= 0.6 is 11.3 Å². The van der Waals surface area contributed by atoms with Gasteiger partial charge in [-0.2, -0.15) is 13.2 Å². The fraction of sp³-hybridized carbons (Fsp3) is 0.500. The highest BCUT2D eigenvalue weighted by atomic mass is 32.2. The average molecular weight is 704 g/mol. The second-order valence-electron chi connectivity index (χ2n) is 12.9. The molecule has 1 aromatic carbocycles. The van der Waals surface area contributed by atoms with E-state index in [1.54, 1.807) is 11.9 Å². The van der Waals surface area contributed by atoms with E-state index >= 15 is 0 Å². The number of thiophene rings is 1. The Labute approximate surface area is 280 Å². The maximum atomic E-state index is 14.3. The van der Waals surface area contributed by atoms with E-state index in [0.717, 1.165) is 36.7 Å². The zero-order chi connectivity index (χ0) is 34.0. The predicted octanol–water partition coefficient (Wildman–Crippen LogP) is 4.45. The second-order valence-corrected chi connectivity index (χ2v) is 16.1. The molecule has 2 amide bonds. The molecule has 1 unspecified atom stereocenters. The molecular weight excluding hydrogens is 668 g/mol. The van der Waals surface area contributed by atoms with Crippen molar-refractivity contribution in [2.45, 2.75) is 48.7 Å². The van der Waals surface area contributed by atoms with Gasteiger partial charge in [0, 0.05) is 63.9 Å². The van der Waals surface area contributed by atoms with Gasteiger partial charge in [0.15, 0.2) is 9.84 Å². The SMILES string of the molecule is CN1CCCCN2CCS(=O)(=O)c3cc(sc3C2=O)-c2nc(ncc2C(F)(F)F)Nc2ccc(cc2C2CC2)N2CCN(C)C(C2)C1=O. The van der Waals surface area contributed by atoms with Crippen LogP contribution < -0.4 is 10.2 Å². The molecule has 6 heterocycles. The monoisotopic (exact) mass is 703 g/mol. The largest absolute Gasteiger partial charge is 0.420 e. The molecule has 4 aliphatic heterocycles. The highest BCUT2D eigenvalue weighted by Crippen LogP contribution is 2.46. The summed E-state index contributed by atoms with van der Waals surface area (Å²) in [5.74, 6) is -0.716. The number of carbonyl (C=O) groups is 2. The predicted molar refractivity (Wildman–Crippen MR) is 176 cm³/mol. The van der Waals surface area contributed by atoms with Crippen molar-refractivity contribution in [1.29, 1.82) is 0 Å². The summed E-state index contributed by atoms with van der Waals surface area (Å²) in [4.78, 5) is 42.5. The molecule has 2 fully saturated rings. The van der Waals surface area contributed by atoms with Gasteiger partial charge in [0.1, 0.15) is 16.5 Å². The third kappa shape index (κ3) is 6.25. The Bertz CT molecular complexity index is 1880. The van der Waals surface area contributed by atoms with E-state index in [9.17, 15) is 31.2 Å². The van der Waals surface area contributed by atoms with Crippen LogP contribution in [-0.2, 0) is 20.8 Å². The van der Waals surface area contributed by atoms with Crippen molar-refractivity contribution in [1.82, 2.24) is 24.7 Å². The van der Waals surface area contributed by atoms with E-state index in [0.29, 0.717) is 55.7 Å². The minimum absolute atomic E-state index is 0.00741. The molecule has 1 saturated heterocycles. The normalized spacial score (nSPS) is 22.3. The number of benzene rings is 1. The van der Waals surface area contributed by atoms with Crippen molar-refractivity contribution < 1.29 is 31.2 Å². The fourth-order valence-electron chi connectivity index (χ4n) is 6.61. The van der Waals surface area contributed by atoms with Crippen molar-refractivity contribution >= 4 is 50.3 Å². The highest BCUT2D eigenvalue weighted by molar-refractivity contribution is 7.91. The number of halogens is 3. The smallest absolute Gasteiger partial charge is 0.368 e. The Morgan fingerprint density at radius 1 is 0.979 bits per heavy atom. The highest BCUT2D eigenvalue weighted by Gasteiger charge is 2.39. The number of nitrogens with zero attached hydrogens (tertiary/aromatic N) is 6. The quantitative estimate of drug-likeness (QED) is 0.393. The van der Waals surface area contributed by atoms with Crippen molar-refractivity contribution in [3.8, 4) is 10.6 Å². The van der Waals surface area contributed by atoms with Crippen LogP contribution in [0.3, 0.4) is 0 Å². The number of rotatable bonds is 1. The maximum Gasteiger partial charge on any atom is 0.420 e. The molecule has 2 aromatic heterocycles.